The minimum atomic E-state index is -1.03. The number of ether oxygens (including phenoxy) is 2. The summed E-state index contributed by atoms with van der Waals surface area (Å²) in [5.41, 5.74) is 0.628. The molecule has 0 fully saturated rings. The second-order valence-electron chi connectivity index (χ2n) is 6.74. The molecule has 0 unspecified atom stereocenters. The molecular weight excluding hydrogens is 266 g/mol. The van der Waals surface area contributed by atoms with Gasteiger partial charge >= 0.3 is 5.97 Å². The highest BCUT2D eigenvalue weighted by molar-refractivity contribution is 5.79. The van der Waals surface area contributed by atoms with E-state index < -0.39 is 11.2 Å². The SMILES string of the molecule is CNCc1ccc(OC(C)(C)C(=O)OC(C)(C)C)c(C)c1. The standard InChI is InChI=1S/C17H27NO3/c1-12-10-13(11-18-7)8-9-14(12)20-17(5,6)15(19)21-16(2,3)4/h8-10,18H,11H2,1-7H3. The van der Waals surface area contributed by atoms with Crippen LogP contribution in [-0.2, 0) is 16.1 Å². The highest BCUT2D eigenvalue weighted by Gasteiger charge is 2.35. The normalized spacial score (nSPS) is 12.1. The van der Waals surface area contributed by atoms with Crippen LogP contribution in [0.4, 0.5) is 0 Å². The second kappa shape index (κ2) is 6.48. The number of hydrogen-bond donors (Lipinski definition) is 1. The van der Waals surface area contributed by atoms with E-state index in [4.69, 9.17) is 9.47 Å². The van der Waals surface area contributed by atoms with Crippen LogP contribution in [0.15, 0.2) is 18.2 Å². The summed E-state index contributed by atoms with van der Waals surface area (Å²) in [6, 6.07) is 5.94. The number of benzene rings is 1. The third-order valence-electron chi connectivity index (χ3n) is 2.88. The Hall–Kier alpha value is -1.55. The molecule has 1 rings (SSSR count). The second-order valence-corrected chi connectivity index (χ2v) is 6.74. The van der Waals surface area contributed by atoms with E-state index in [0.717, 1.165) is 12.1 Å². The van der Waals surface area contributed by atoms with Gasteiger partial charge in [0.2, 0.25) is 0 Å². The Morgan fingerprint density at radius 3 is 2.29 bits per heavy atom. The number of carbonyl (C=O) groups excluding carboxylic acids is 1. The summed E-state index contributed by atoms with van der Waals surface area (Å²) in [6.45, 7) is 11.8. The van der Waals surface area contributed by atoms with Crippen molar-refractivity contribution in [2.24, 2.45) is 0 Å². The molecule has 0 amide bonds. The molecule has 0 saturated carbocycles. The van der Waals surface area contributed by atoms with E-state index in [1.807, 2.05) is 46.9 Å². The molecular formula is C17H27NO3. The smallest absolute Gasteiger partial charge is 0.350 e. The van der Waals surface area contributed by atoms with Crippen LogP contribution in [0.25, 0.3) is 0 Å². The Kier molecular flexibility index (Phi) is 5.40. The van der Waals surface area contributed by atoms with Crippen molar-refractivity contribution in [1.29, 1.82) is 0 Å². The van der Waals surface area contributed by atoms with Crippen molar-refractivity contribution in [3.05, 3.63) is 29.3 Å². The van der Waals surface area contributed by atoms with Crippen LogP contribution in [0.2, 0.25) is 0 Å². The fourth-order valence-corrected chi connectivity index (χ4v) is 1.86. The lowest BCUT2D eigenvalue weighted by molar-refractivity contribution is -0.170. The van der Waals surface area contributed by atoms with Gasteiger partial charge in [-0.1, -0.05) is 12.1 Å². The first-order valence-electron chi connectivity index (χ1n) is 7.22. The fourth-order valence-electron chi connectivity index (χ4n) is 1.86. The molecule has 21 heavy (non-hydrogen) atoms. The van der Waals surface area contributed by atoms with Crippen LogP contribution < -0.4 is 10.1 Å². The van der Waals surface area contributed by atoms with E-state index in [0.29, 0.717) is 5.75 Å². The Labute approximate surface area is 127 Å². The zero-order valence-electron chi connectivity index (χ0n) is 14.2. The molecule has 4 heteroatoms. The average molecular weight is 293 g/mol. The van der Waals surface area contributed by atoms with Gasteiger partial charge in [0.15, 0.2) is 5.60 Å². The van der Waals surface area contributed by atoms with Gasteiger partial charge in [0, 0.05) is 6.54 Å². The molecule has 1 aromatic rings. The lowest BCUT2D eigenvalue weighted by atomic mass is 10.1. The number of aryl methyl sites for hydroxylation is 1. The molecule has 0 bridgehead atoms. The van der Waals surface area contributed by atoms with Crippen LogP contribution in [0.1, 0.15) is 45.7 Å². The summed E-state index contributed by atoms with van der Waals surface area (Å²) in [7, 11) is 1.91. The molecule has 0 aliphatic heterocycles. The van der Waals surface area contributed by atoms with Crippen molar-refractivity contribution in [2.75, 3.05) is 7.05 Å². The van der Waals surface area contributed by atoms with Gasteiger partial charge < -0.3 is 14.8 Å². The van der Waals surface area contributed by atoms with Gasteiger partial charge in [-0.25, -0.2) is 4.79 Å². The number of nitrogens with one attached hydrogen (secondary N) is 1. The first-order valence-corrected chi connectivity index (χ1v) is 7.22. The molecule has 0 radical (unpaired) electrons. The monoisotopic (exact) mass is 293 g/mol. The van der Waals surface area contributed by atoms with Crippen molar-refractivity contribution < 1.29 is 14.3 Å². The summed E-state index contributed by atoms with van der Waals surface area (Å²) in [5, 5.41) is 3.11. The highest BCUT2D eigenvalue weighted by Crippen LogP contribution is 2.26. The van der Waals surface area contributed by atoms with E-state index in [1.54, 1.807) is 13.8 Å². The molecule has 1 aromatic carbocycles. The van der Waals surface area contributed by atoms with Crippen molar-refractivity contribution in [3.63, 3.8) is 0 Å². The summed E-state index contributed by atoms with van der Waals surface area (Å²) < 4.78 is 11.3. The molecule has 0 atom stereocenters. The molecule has 0 aliphatic carbocycles. The highest BCUT2D eigenvalue weighted by atomic mass is 16.6. The molecule has 0 spiro atoms. The fraction of sp³-hybridized carbons (Fsp3) is 0.588. The van der Waals surface area contributed by atoms with E-state index in [9.17, 15) is 4.79 Å². The summed E-state index contributed by atoms with van der Waals surface area (Å²) in [4.78, 5) is 12.2. The number of carbonyl (C=O) groups is 1. The lowest BCUT2D eigenvalue weighted by Gasteiger charge is -2.29. The van der Waals surface area contributed by atoms with Gasteiger partial charge in [-0.2, -0.15) is 0 Å². The molecule has 0 saturated heterocycles. The van der Waals surface area contributed by atoms with E-state index in [1.165, 1.54) is 5.56 Å². The van der Waals surface area contributed by atoms with Crippen LogP contribution in [-0.4, -0.2) is 24.2 Å². The zero-order chi connectivity index (χ0) is 16.3. The van der Waals surface area contributed by atoms with Gasteiger partial charge in [0.1, 0.15) is 11.4 Å². The largest absolute Gasteiger partial charge is 0.476 e. The van der Waals surface area contributed by atoms with Crippen LogP contribution in [0.3, 0.4) is 0 Å². The Morgan fingerprint density at radius 2 is 1.81 bits per heavy atom. The van der Waals surface area contributed by atoms with Gasteiger partial charge in [-0.3, -0.25) is 0 Å². The Balaban J connectivity index is 2.86. The molecule has 118 valence electrons. The zero-order valence-corrected chi connectivity index (χ0v) is 14.2. The quantitative estimate of drug-likeness (QED) is 0.847. The maximum Gasteiger partial charge on any atom is 0.350 e. The number of esters is 1. The summed E-state index contributed by atoms with van der Waals surface area (Å²) in [5.74, 6) is 0.333. The van der Waals surface area contributed by atoms with Crippen molar-refractivity contribution in [3.8, 4) is 5.75 Å². The minimum Gasteiger partial charge on any atom is -0.476 e. The summed E-state index contributed by atoms with van der Waals surface area (Å²) in [6.07, 6.45) is 0. The third-order valence-corrected chi connectivity index (χ3v) is 2.88. The first kappa shape index (κ1) is 17.5. The van der Waals surface area contributed by atoms with Crippen LogP contribution in [0, 0.1) is 6.92 Å². The Bertz CT molecular complexity index is 501. The van der Waals surface area contributed by atoms with Crippen molar-refractivity contribution in [2.45, 2.75) is 59.3 Å². The predicted molar refractivity (Wildman–Crippen MR) is 84.5 cm³/mol. The van der Waals surface area contributed by atoms with Crippen LogP contribution in [0.5, 0.6) is 5.75 Å². The maximum atomic E-state index is 12.2. The average Bonchev–Trinajstić information content (AvgIpc) is 2.31. The molecule has 0 aromatic heterocycles. The van der Waals surface area contributed by atoms with Gasteiger partial charge in [-0.05, 0) is 65.8 Å². The number of rotatable bonds is 5. The van der Waals surface area contributed by atoms with E-state index >= 15 is 0 Å². The topological polar surface area (TPSA) is 47.6 Å². The first-order chi connectivity index (χ1) is 9.55. The minimum absolute atomic E-state index is 0.367. The molecule has 1 N–H and O–H groups in total. The van der Waals surface area contributed by atoms with Gasteiger partial charge in [0.25, 0.3) is 0 Å². The summed E-state index contributed by atoms with van der Waals surface area (Å²) >= 11 is 0. The molecule has 4 nitrogen and oxygen atoms in total. The van der Waals surface area contributed by atoms with E-state index in [2.05, 4.69) is 11.4 Å². The Morgan fingerprint density at radius 1 is 1.19 bits per heavy atom. The van der Waals surface area contributed by atoms with Gasteiger partial charge in [0.05, 0.1) is 0 Å². The molecule has 0 aliphatic rings. The van der Waals surface area contributed by atoms with Crippen LogP contribution >= 0.6 is 0 Å². The van der Waals surface area contributed by atoms with Crippen molar-refractivity contribution >= 4 is 5.97 Å². The molecule has 0 heterocycles. The van der Waals surface area contributed by atoms with Crippen molar-refractivity contribution in [1.82, 2.24) is 5.32 Å². The van der Waals surface area contributed by atoms with E-state index in [-0.39, 0.29) is 5.97 Å². The number of hydrogen-bond acceptors (Lipinski definition) is 4. The van der Waals surface area contributed by atoms with Gasteiger partial charge in [-0.15, -0.1) is 0 Å². The maximum absolute atomic E-state index is 12.2. The lowest BCUT2D eigenvalue weighted by Crippen LogP contribution is -2.43. The third kappa shape index (κ3) is 5.38. The predicted octanol–water partition coefficient (Wildman–Crippen LogP) is 3.21.